The predicted octanol–water partition coefficient (Wildman–Crippen LogP) is 1.81. The fraction of sp³-hybridized carbons (Fsp3) is 0.429. The Balaban J connectivity index is 2.27. The SMILES string of the molecule is C=C[SiH2]C1(c2ccc(CN)cc2)CCCCO1. The highest BCUT2D eigenvalue weighted by atomic mass is 28.2. The number of hydrogen-bond acceptors (Lipinski definition) is 2. The molecule has 92 valence electrons. The molecule has 1 fully saturated rings. The summed E-state index contributed by atoms with van der Waals surface area (Å²) < 4.78 is 6.12. The molecule has 0 bridgehead atoms. The van der Waals surface area contributed by atoms with E-state index in [9.17, 15) is 0 Å². The molecule has 1 unspecified atom stereocenters. The topological polar surface area (TPSA) is 35.2 Å². The standard InChI is InChI=1S/C14H21NOSi/c1-2-17-14(9-3-4-10-16-14)13-7-5-12(11-15)6-8-13/h2,5-8H,1,3-4,9-11,15,17H2. The molecule has 0 spiro atoms. The van der Waals surface area contributed by atoms with Crippen LogP contribution in [0.4, 0.5) is 0 Å². The van der Waals surface area contributed by atoms with Crippen LogP contribution >= 0.6 is 0 Å². The maximum Gasteiger partial charge on any atom is 0.0884 e. The molecule has 3 heteroatoms. The molecule has 1 atom stereocenters. The Morgan fingerprint density at radius 1 is 1.35 bits per heavy atom. The molecule has 0 radical (unpaired) electrons. The molecule has 1 aliphatic heterocycles. The van der Waals surface area contributed by atoms with Gasteiger partial charge in [-0.2, -0.15) is 0 Å². The van der Waals surface area contributed by atoms with Crippen LogP contribution in [0.3, 0.4) is 0 Å². The predicted molar refractivity (Wildman–Crippen MR) is 74.6 cm³/mol. The van der Waals surface area contributed by atoms with Gasteiger partial charge in [0, 0.05) is 13.2 Å². The number of ether oxygens (including phenoxy) is 1. The van der Waals surface area contributed by atoms with Crippen molar-refractivity contribution in [2.45, 2.75) is 31.0 Å². The highest BCUT2D eigenvalue weighted by Crippen LogP contribution is 2.34. The zero-order valence-electron chi connectivity index (χ0n) is 10.3. The normalized spacial score (nSPS) is 25.2. The first kappa shape index (κ1) is 12.6. The first-order valence-corrected chi connectivity index (χ1v) is 7.87. The second-order valence-electron chi connectivity index (χ2n) is 4.69. The van der Waals surface area contributed by atoms with E-state index in [2.05, 4.69) is 36.5 Å². The summed E-state index contributed by atoms with van der Waals surface area (Å²) >= 11 is 0. The van der Waals surface area contributed by atoms with Gasteiger partial charge in [0.25, 0.3) is 0 Å². The van der Waals surface area contributed by atoms with Gasteiger partial charge >= 0.3 is 0 Å². The molecule has 0 aliphatic carbocycles. The van der Waals surface area contributed by atoms with E-state index in [0.29, 0.717) is 6.54 Å². The smallest absolute Gasteiger partial charge is 0.0884 e. The third kappa shape index (κ3) is 2.68. The lowest BCUT2D eigenvalue weighted by Crippen LogP contribution is -2.38. The second kappa shape index (κ2) is 5.62. The average Bonchev–Trinajstić information content (AvgIpc) is 2.40. The molecule has 17 heavy (non-hydrogen) atoms. The lowest BCUT2D eigenvalue weighted by Gasteiger charge is -2.37. The van der Waals surface area contributed by atoms with Crippen LogP contribution in [0.2, 0.25) is 0 Å². The molecular formula is C14H21NOSi. The van der Waals surface area contributed by atoms with Gasteiger partial charge in [0.05, 0.1) is 14.7 Å². The minimum absolute atomic E-state index is 0.00682. The van der Waals surface area contributed by atoms with E-state index in [1.807, 2.05) is 0 Å². The summed E-state index contributed by atoms with van der Waals surface area (Å²) in [5.41, 5.74) is 10.2. The average molecular weight is 247 g/mol. The van der Waals surface area contributed by atoms with Gasteiger partial charge in [0.2, 0.25) is 0 Å². The van der Waals surface area contributed by atoms with E-state index in [0.717, 1.165) is 13.0 Å². The van der Waals surface area contributed by atoms with Gasteiger partial charge < -0.3 is 10.5 Å². The van der Waals surface area contributed by atoms with Crippen molar-refractivity contribution in [3.8, 4) is 0 Å². The van der Waals surface area contributed by atoms with Crippen LogP contribution in [0.1, 0.15) is 30.4 Å². The van der Waals surface area contributed by atoms with Gasteiger partial charge in [-0.25, -0.2) is 0 Å². The Labute approximate surface area is 106 Å². The number of nitrogens with two attached hydrogens (primary N) is 1. The van der Waals surface area contributed by atoms with E-state index in [4.69, 9.17) is 10.5 Å². The van der Waals surface area contributed by atoms with Crippen LogP contribution in [0.15, 0.2) is 36.5 Å². The Bertz CT molecular complexity index is 368. The summed E-state index contributed by atoms with van der Waals surface area (Å²) in [7, 11) is -0.437. The maximum atomic E-state index is 6.12. The first-order valence-electron chi connectivity index (χ1n) is 6.35. The van der Waals surface area contributed by atoms with Crippen molar-refractivity contribution >= 4 is 9.52 Å². The van der Waals surface area contributed by atoms with E-state index >= 15 is 0 Å². The molecule has 1 saturated heterocycles. The summed E-state index contributed by atoms with van der Waals surface area (Å²) in [6, 6.07) is 8.60. The van der Waals surface area contributed by atoms with Crippen molar-refractivity contribution in [2.75, 3.05) is 6.61 Å². The van der Waals surface area contributed by atoms with Gasteiger partial charge in [-0.3, -0.25) is 0 Å². The fourth-order valence-corrected chi connectivity index (χ4v) is 4.19. The Hall–Kier alpha value is -0.903. The monoisotopic (exact) mass is 247 g/mol. The first-order chi connectivity index (χ1) is 8.30. The van der Waals surface area contributed by atoms with Crippen LogP contribution in [-0.2, 0) is 16.5 Å². The van der Waals surface area contributed by atoms with Gasteiger partial charge in [-0.1, -0.05) is 24.3 Å². The molecule has 1 aliphatic rings. The van der Waals surface area contributed by atoms with Crippen LogP contribution in [-0.4, -0.2) is 16.1 Å². The molecule has 1 heterocycles. The van der Waals surface area contributed by atoms with Crippen molar-refractivity contribution in [2.24, 2.45) is 5.73 Å². The third-order valence-electron chi connectivity index (χ3n) is 3.54. The van der Waals surface area contributed by atoms with Crippen molar-refractivity contribution in [3.05, 3.63) is 47.7 Å². The minimum atomic E-state index is -0.437. The summed E-state index contributed by atoms with van der Waals surface area (Å²) in [6.07, 6.45) is 3.60. The quantitative estimate of drug-likeness (QED) is 0.824. The molecule has 0 amide bonds. The van der Waals surface area contributed by atoms with Gasteiger partial charge in [-0.05, 0) is 30.4 Å². The van der Waals surface area contributed by atoms with Crippen LogP contribution in [0.5, 0.6) is 0 Å². The minimum Gasteiger partial charge on any atom is -0.374 e. The van der Waals surface area contributed by atoms with Crippen molar-refractivity contribution in [3.63, 3.8) is 0 Å². The summed E-state index contributed by atoms with van der Waals surface area (Å²) in [6.45, 7) is 5.41. The zero-order chi connectivity index (χ0) is 12.1. The number of benzene rings is 1. The molecule has 2 N–H and O–H groups in total. The van der Waals surface area contributed by atoms with Crippen molar-refractivity contribution < 1.29 is 4.74 Å². The van der Waals surface area contributed by atoms with Gasteiger partial charge in [0.15, 0.2) is 0 Å². The van der Waals surface area contributed by atoms with E-state index < -0.39 is 9.52 Å². The largest absolute Gasteiger partial charge is 0.374 e. The Kier molecular flexibility index (Phi) is 4.15. The lowest BCUT2D eigenvalue weighted by atomic mass is 9.99. The highest BCUT2D eigenvalue weighted by Gasteiger charge is 2.33. The van der Waals surface area contributed by atoms with E-state index in [1.54, 1.807) is 0 Å². The molecule has 2 nitrogen and oxygen atoms in total. The number of rotatable bonds is 4. The third-order valence-corrected chi connectivity index (χ3v) is 5.46. The van der Waals surface area contributed by atoms with Crippen LogP contribution in [0.25, 0.3) is 0 Å². The Morgan fingerprint density at radius 3 is 2.65 bits per heavy atom. The fourth-order valence-electron chi connectivity index (χ4n) is 2.54. The van der Waals surface area contributed by atoms with Crippen molar-refractivity contribution in [1.29, 1.82) is 0 Å². The molecule has 2 rings (SSSR count). The second-order valence-corrected chi connectivity index (χ2v) is 6.82. The molecule has 0 saturated carbocycles. The van der Waals surface area contributed by atoms with E-state index in [-0.39, 0.29) is 5.22 Å². The summed E-state index contributed by atoms with van der Waals surface area (Å²) in [5.74, 6) is 0. The lowest BCUT2D eigenvalue weighted by molar-refractivity contribution is -0.0229. The summed E-state index contributed by atoms with van der Waals surface area (Å²) in [4.78, 5) is 0. The summed E-state index contributed by atoms with van der Waals surface area (Å²) in [5, 5.41) is -0.00682. The Morgan fingerprint density at radius 2 is 2.12 bits per heavy atom. The van der Waals surface area contributed by atoms with Gasteiger partial charge in [0.1, 0.15) is 0 Å². The molecule has 0 aromatic heterocycles. The maximum absolute atomic E-state index is 6.12. The molecular weight excluding hydrogens is 226 g/mol. The zero-order valence-corrected chi connectivity index (χ0v) is 11.7. The van der Waals surface area contributed by atoms with Gasteiger partial charge in [-0.15, -0.1) is 12.3 Å². The van der Waals surface area contributed by atoms with Crippen molar-refractivity contribution in [1.82, 2.24) is 0 Å². The molecule has 1 aromatic rings. The van der Waals surface area contributed by atoms with Crippen LogP contribution < -0.4 is 5.73 Å². The van der Waals surface area contributed by atoms with Crippen LogP contribution in [0, 0.1) is 0 Å². The number of hydrogen-bond donors (Lipinski definition) is 1. The molecule has 1 aromatic carbocycles. The highest BCUT2D eigenvalue weighted by molar-refractivity contribution is 6.45. The van der Waals surface area contributed by atoms with E-state index in [1.165, 1.54) is 24.0 Å².